The quantitative estimate of drug-likeness (QED) is 0.302. The maximum Gasteiger partial charge on any atom is 0.126 e. The maximum absolute atomic E-state index is 15.4. The van der Waals surface area contributed by atoms with E-state index >= 15 is 4.39 Å². The van der Waals surface area contributed by atoms with Crippen molar-refractivity contribution in [1.82, 2.24) is 0 Å². The Balaban J connectivity index is 1.07. The molecule has 0 aliphatic heterocycles. The van der Waals surface area contributed by atoms with Gasteiger partial charge in [0.1, 0.15) is 18.3 Å². The SMILES string of the molecule is CC1CCC(/C=C/C2CCC(c3ccc(C4CCC(C5CCC(/C(F)=C/CF)CC5)CC4)c(F)c3)CC2)CC1. The smallest absolute Gasteiger partial charge is 0.126 e. The van der Waals surface area contributed by atoms with E-state index in [9.17, 15) is 8.78 Å². The van der Waals surface area contributed by atoms with E-state index in [2.05, 4.69) is 31.2 Å². The van der Waals surface area contributed by atoms with Crippen LogP contribution in [0, 0.1) is 41.3 Å². The van der Waals surface area contributed by atoms with Gasteiger partial charge in [0.25, 0.3) is 0 Å². The summed E-state index contributed by atoms with van der Waals surface area (Å²) >= 11 is 0. The Morgan fingerprint density at radius 3 is 1.82 bits per heavy atom. The molecule has 3 heteroatoms. The van der Waals surface area contributed by atoms with Crippen molar-refractivity contribution in [3.63, 3.8) is 0 Å². The molecular weight excluding hydrogens is 489 g/mol. The summed E-state index contributed by atoms with van der Waals surface area (Å²) in [4.78, 5) is 0. The second kappa shape index (κ2) is 13.9. The fraction of sp³-hybridized carbons (Fsp3) is 0.722. The molecule has 0 saturated heterocycles. The number of hydrogen-bond donors (Lipinski definition) is 0. The molecule has 0 nitrogen and oxygen atoms in total. The lowest BCUT2D eigenvalue weighted by Gasteiger charge is -2.38. The number of rotatable bonds is 7. The first kappa shape index (κ1) is 29.0. The maximum atomic E-state index is 15.4. The van der Waals surface area contributed by atoms with Crippen LogP contribution in [0.15, 0.2) is 42.3 Å². The highest BCUT2D eigenvalue weighted by atomic mass is 19.1. The van der Waals surface area contributed by atoms with Crippen molar-refractivity contribution in [2.75, 3.05) is 6.67 Å². The number of alkyl halides is 1. The molecule has 1 aromatic carbocycles. The van der Waals surface area contributed by atoms with Gasteiger partial charge in [0.2, 0.25) is 0 Å². The Kier molecular flexibility index (Phi) is 10.3. The molecule has 0 bridgehead atoms. The summed E-state index contributed by atoms with van der Waals surface area (Å²) in [5.74, 6) is 4.29. The van der Waals surface area contributed by atoms with Crippen molar-refractivity contribution in [2.45, 2.75) is 121 Å². The minimum Gasteiger partial charge on any atom is -0.246 e. The van der Waals surface area contributed by atoms with Crippen molar-refractivity contribution in [1.29, 1.82) is 0 Å². The predicted octanol–water partition coefficient (Wildman–Crippen LogP) is 11.4. The molecule has 4 saturated carbocycles. The van der Waals surface area contributed by atoms with Crippen LogP contribution in [0.2, 0.25) is 0 Å². The van der Waals surface area contributed by atoms with Gasteiger partial charge in [-0.3, -0.25) is 0 Å². The van der Waals surface area contributed by atoms with Crippen molar-refractivity contribution in [2.24, 2.45) is 35.5 Å². The number of allylic oxidation sites excluding steroid dienone is 4. The van der Waals surface area contributed by atoms with Crippen molar-refractivity contribution in [3.05, 3.63) is 59.2 Å². The van der Waals surface area contributed by atoms with Crippen LogP contribution < -0.4 is 0 Å². The van der Waals surface area contributed by atoms with Crippen LogP contribution in [0.5, 0.6) is 0 Å². The van der Waals surface area contributed by atoms with Crippen molar-refractivity contribution < 1.29 is 13.2 Å². The fourth-order valence-corrected chi connectivity index (χ4v) is 8.57. The Hall–Kier alpha value is -1.51. The number of benzene rings is 1. The van der Waals surface area contributed by atoms with Gasteiger partial charge in [-0.25, -0.2) is 13.2 Å². The van der Waals surface area contributed by atoms with E-state index in [1.165, 1.54) is 56.9 Å². The number of halogens is 3. The summed E-state index contributed by atoms with van der Waals surface area (Å²) < 4.78 is 41.8. The van der Waals surface area contributed by atoms with Crippen LogP contribution in [0.25, 0.3) is 0 Å². The van der Waals surface area contributed by atoms with Crippen LogP contribution in [-0.4, -0.2) is 6.67 Å². The zero-order valence-corrected chi connectivity index (χ0v) is 24.2. The third-order valence-electron chi connectivity index (χ3n) is 11.3. The molecule has 0 amide bonds. The van der Waals surface area contributed by atoms with E-state index in [1.807, 2.05) is 6.07 Å². The molecule has 216 valence electrons. The predicted molar refractivity (Wildman–Crippen MR) is 157 cm³/mol. The zero-order chi connectivity index (χ0) is 27.2. The normalized spacial score (nSPS) is 36.8. The molecule has 0 atom stereocenters. The summed E-state index contributed by atoms with van der Waals surface area (Å²) in [6, 6.07) is 6.21. The highest BCUT2D eigenvalue weighted by Crippen LogP contribution is 2.46. The molecule has 39 heavy (non-hydrogen) atoms. The minimum absolute atomic E-state index is 0.0140. The second-order valence-corrected chi connectivity index (χ2v) is 13.8. The molecular formula is C36H51F3. The average molecular weight is 541 g/mol. The summed E-state index contributed by atoms with van der Waals surface area (Å²) in [7, 11) is 0. The summed E-state index contributed by atoms with van der Waals surface area (Å²) in [5, 5.41) is 0. The Labute approximate surface area is 235 Å². The van der Waals surface area contributed by atoms with E-state index in [-0.39, 0.29) is 17.6 Å². The van der Waals surface area contributed by atoms with Crippen molar-refractivity contribution in [3.8, 4) is 0 Å². The van der Waals surface area contributed by atoms with Crippen LogP contribution >= 0.6 is 0 Å². The molecule has 1 aromatic rings. The molecule has 4 aliphatic rings. The van der Waals surface area contributed by atoms with E-state index in [0.29, 0.717) is 29.6 Å². The van der Waals surface area contributed by atoms with Crippen LogP contribution in [-0.2, 0) is 0 Å². The molecule has 0 radical (unpaired) electrons. The van der Waals surface area contributed by atoms with Gasteiger partial charge in [0.05, 0.1) is 0 Å². The Morgan fingerprint density at radius 1 is 0.718 bits per heavy atom. The molecule has 5 rings (SSSR count). The number of hydrogen-bond acceptors (Lipinski definition) is 0. The van der Waals surface area contributed by atoms with Crippen LogP contribution in [0.4, 0.5) is 13.2 Å². The zero-order valence-electron chi connectivity index (χ0n) is 24.2. The first-order valence-corrected chi connectivity index (χ1v) is 16.4. The summed E-state index contributed by atoms with van der Waals surface area (Å²) in [6.07, 6.45) is 24.7. The van der Waals surface area contributed by atoms with E-state index in [0.717, 1.165) is 74.8 Å². The summed E-state index contributed by atoms with van der Waals surface area (Å²) in [5.41, 5.74) is 2.14. The second-order valence-electron chi connectivity index (χ2n) is 13.8. The van der Waals surface area contributed by atoms with Gasteiger partial charge >= 0.3 is 0 Å². The van der Waals surface area contributed by atoms with Gasteiger partial charge in [-0.05, 0) is 155 Å². The lowest BCUT2D eigenvalue weighted by molar-refractivity contribution is 0.161. The minimum atomic E-state index is -0.702. The van der Waals surface area contributed by atoms with Gasteiger partial charge in [-0.1, -0.05) is 44.1 Å². The Bertz CT molecular complexity index is 948. The standard InChI is InChI=1S/C36H51F3/c1-25-2-4-26(5-3-25)6-7-27-8-10-30(11-9-27)33-20-21-34(36(39)24-33)31-16-12-28(13-17-31)29-14-18-32(19-15-29)35(38)22-23-37/h6-7,20-22,24-32H,2-5,8-19,23H2,1H3/b7-6+,35-22-. The fourth-order valence-electron chi connectivity index (χ4n) is 8.57. The monoisotopic (exact) mass is 540 g/mol. The van der Waals surface area contributed by atoms with Crippen LogP contribution in [0.3, 0.4) is 0 Å². The topological polar surface area (TPSA) is 0 Å². The van der Waals surface area contributed by atoms with Gasteiger partial charge in [0.15, 0.2) is 0 Å². The lowest BCUT2D eigenvalue weighted by atomic mass is 9.68. The third-order valence-corrected chi connectivity index (χ3v) is 11.3. The van der Waals surface area contributed by atoms with Gasteiger partial charge < -0.3 is 0 Å². The third kappa shape index (κ3) is 7.62. The molecule has 4 aliphatic carbocycles. The first-order valence-electron chi connectivity index (χ1n) is 16.4. The average Bonchev–Trinajstić information content (AvgIpc) is 2.97. The van der Waals surface area contributed by atoms with E-state index in [1.54, 1.807) is 0 Å². The Morgan fingerprint density at radius 2 is 1.26 bits per heavy atom. The molecule has 0 N–H and O–H groups in total. The molecule has 0 unspecified atom stereocenters. The lowest BCUT2D eigenvalue weighted by Crippen LogP contribution is -2.26. The van der Waals surface area contributed by atoms with E-state index < -0.39 is 6.67 Å². The van der Waals surface area contributed by atoms with Gasteiger partial charge in [-0.2, -0.15) is 0 Å². The highest BCUT2D eigenvalue weighted by Gasteiger charge is 2.33. The molecule has 0 spiro atoms. The molecule has 0 aromatic heterocycles. The highest BCUT2D eigenvalue weighted by molar-refractivity contribution is 5.30. The largest absolute Gasteiger partial charge is 0.246 e. The molecule has 4 fully saturated rings. The summed E-state index contributed by atoms with van der Waals surface area (Å²) in [6.45, 7) is 1.68. The van der Waals surface area contributed by atoms with Crippen LogP contribution in [0.1, 0.15) is 133 Å². The van der Waals surface area contributed by atoms with Crippen molar-refractivity contribution >= 4 is 0 Å². The van der Waals surface area contributed by atoms with Gasteiger partial charge in [-0.15, -0.1) is 0 Å². The van der Waals surface area contributed by atoms with Gasteiger partial charge in [0, 0.05) is 5.92 Å². The molecule has 0 heterocycles. The first-order chi connectivity index (χ1) is 19.0. The van der Waals surface area contributed by atoms with E-state index in [4.69, 9.17) is 0 Å².